The number of amides is 1. The quantitative estimate of drug-likeness (QED) is 0.188. The Morgan fingerprint density at radius 2 is 1.77 bits per heavy atom. The van der Waals surface area contributed by atoms with Crippen molar-refractivity contribution in [1.29, 1.82) is 0 Å². The van der Waals surface area contributed by atoms with Gasteiger partial charge in [-0.1, -0.05) is 54.1 Å². The van der Waals surface area contributed by atoms with Gasteiger partial charge in [-0.25, -0.2) is 14.7 Å². The monoisotopic (exact) mass is 586 g/mol. The molecule has 1 amide bonds. The third-order valence-electron chi connectivity index (χ3n) is 7.20. The summed E-state index contributed by atoms with van der Waals surface area (Å²) >= 11 is 6.00. The molecule has 1 saturated carbocycles. The number of hydrogen-bond acceptors (Lipinski definition) is 7. The zero-order valence-electron chi connectivity index (χ0n) is 22.6. The van der Waals surface area contributed by atoms with Crippen LogP contribution in [0, 0.1) is 6.92 Å². The van der Waals surface area contributed by atoms with Crippen LogP contribution < -0.4 is 24.8 Å². The van der Waals surface area contributed by atoms with Crippen LogP contribution in [0.25, 0.3) is 0 Å². The molecule has 214 valence electrons. The molecule has 0 aliphatic heterocycles. The summed E-state index contributed by atoms with van der Waals surface area (Å²) in [5.41, 5.74) is 2.05. The summed E-state index contributed by atoms with van der Waals surface area (Å²) in [7, 11) is -2.17. The van der Waals surface area contributed by atoms with E-state index in [-0.39, 0.29) is 23.9 Å². The van der Waals surface area contributed by atoms with Crippen molar-refractivity contribution in [2.24, 2.45) is 0 Å². The summed E-state index contributed by atoms with van der Waals surface area (Å²) in [5.74, 6) is 0.654. The Hall–Kier alpha value is -3.25. The number of anilines is 1. The minimum absolute atomic E-state index is 0.153. The Kier molecular flexibility index (Phi) is 9.96. The molecular weight excluding hydrogens is 552 g/mol. The van der Waals surface area contributed by atoms with Crippen LogP contribution in [-0.4, -0.2) is 57.1 Å². The Balaban J connectivity index is 1.32. The number of benzene rings is 2. The molecule has 1 aliphatic carbocycles. The fourth-order valence-electron chi connectivity index (χ4n) is 4.95. The topological polar surface area (TPSA) is 134 Å². The Morgan fingerprint density at radius 3 is 2.48 bits per heavy atom. The van der Waals surface area contributed by atoms with Crippen molar-refractivity contribution in [2.75, 3.05) is 32.1 Å². The van der Waals surface area contributed by atoms with E-state index < -0.39 is 10.2 Å². The van der Waals surface area contributed by atoms with E-state index in [1.165, 1.54) is 0 Å². The smallest absolute Gasteiger partial charge is 0.277 e. The lowest BCUT2D eigenvalue weighted by molar-refractivity contribution is 0.0932. The molecule has 12 heteroatoms. The molecule has 4 rings (SSSR count). The summed E-state index contributed by atoms with van der Waals surface area (Å²) < 4.78 is 36.1. The van der Waals surface area contributed by atoms with Gasteiger partial charge in [-0.3, -0.25) is 4.79 Å². The molecule has 0 radical (unpaired) electrons. The van der Waals surface area contributed by atoms with E-state index in [4.69, 9.17) is 16.3 Å². The van der Waals surface area contributed by atoms with Gasteiger partial charge in [0.25, 0.3) is 16.1 Å². The number of nitrogens with zero attached hydrogens (tertiary/aromatic N) is 2. The van der Waals surface area contributed by atoms with Crippen LogP contribution in [0.5, 0.6) is 5.75 Å². The maximum absolute atomic E-state index is 13.0. The number of halogens is 1. The number of aromatic nitrogens is 2. The summed E-state index contributed by atoms with van der Waals surface area (Å²) in [6.45, 7) is 2.69. The summed E-state index contributed by atoms with van der Waals surface area (Å²) in [4.78, 5) is 21.3. The Labute approximate surface area is 240 Å². The third kappa shape index (κ3) is 7.69. The maximum Gasteiger partial charge on any atom is 0.277 e. The molecular formula is C28H35ClN6O4S. The highest BCUT2D eigenvalue weighted by molar-refractivity contribution is 7.87. The highest BCUT2D eigenvalue weighted by Crippen LogP contribution is 2.39. The molecule has 1 fully saturated rings. The minimum atomic E-state index is -3.71. The number of hydrogen-bond donors (Lipinski definition) is 4. The van der Waals surface area contributed by atoms with E-state index in [1.54, 1.807) is 38.4 Å². The number of carbonyl (C=O) groups is 1. The van der Waals surface area contributed by atoms with Crippen LogP contribution in [0.2, 0.25) is 5.15 Å². The summed E-state index contributed by atoms with van der Waals surface area (Å²) in [6.07, 6.45) is 4.29. The maximum atomic E-state index is 13.0. The minimum Gasteiger partial charge on any atom is -0.496 e. The zero-order valence-corrected chi connectivity index (χ0v) is 24.2. The number of aryl methyl sites for hydroxylation is 1. The first-order valence-electron chi connectivity index (χ1n) is 13.2. The molecule has 1 aromatic heterocycles. The van der Waals surface area contributed by atoms with Gasteiger partial charge in [-0.2, -0.15) is 13.1 Å². The van der Waals surface area contributed by atoms with Gasteiger partial charge < -0.3 is 15.4 Å². The molecule has 0 unspecified atom stereocenters. The summed E-state index contributed by atoms with van der Waals surface area (Å²) in [6, 6.07) is 17.0. The van der Waals surface area contributed by atoms with Gasteiger partial charge in [-0.15, -0.1) is 0 Å². The van der Waals surface area contributed by atoms with E-state index in [0.717, 1.165) is 11.1 Å². The van der Waals surface area contributed by atoms with Crippen molar-refractivity contribution in [1.82, 2.24) is 24.7 Å². The average molecular weight is 587 g/mol. The van der Waals surface area contributed by atoms with Crippen molar-refractivity contribution < 1.29 is 17.9 Å². The van der Waals surface area contributed by atoms with Crippen molar-refractivity contribution in [2.45, 2.75) is 44.1 Å². The van der Waals surface area contributed by atoms with Crippen molar-refractivity contribution in [3.63, 3.8) is 0 Å². The first-order chi connectivity index (χ1) is 19.2. The van der Waals surface area contributed by atoms with Gasteiger partial charge in [0.05, 0.1) is 12.7 Å². The third-order valence-corrected chi connectivity index (χ3v) is 8.81. The number of methoxy groups -OCH3 is 1. The van der Waals surface area contributed by atoms with Crippen molar-refractivity contribution in [3.05, 3.63) is 82.6 Å². The van der Waals surface area contributed by atoms with E-state index in [1.807, 2.05) is 24.3 Å². The summed E-state index contributed by atoms with van der Waals surface area (Å²) in [5, 5.41) is 6.41. The van der Waals surface area contributed by atoms with E-state index in [0.29, 0.717) is 61.2 Å². The van der Waals surface area contributed by atoms with Gasteiger partial charge >= 0.3 is 0 Å². The van der Waals surface area contributed by atoms with Crippen molar-refractivity contribution >= 4 is 33.7 Å². The largest absolute Gasteiger partial charge is 0.496 e. The van der Waals surface area contributed by atoms with Crippen LogP contribution in [0.15, 0.2) is 60.8 Å². The number of carbonyl (C=O) groups excluding carboxylic acids is 1. The molecule has 10 nitrogen and oxygen atoms in total. The lowest BCUT2D eigenvalue weighted by atomic mass is 9.68. The second-order valence-corrected chi connectivity index (χ2v) is 11.8. The van der Waals surface area contributed by atoms with E-state index in [2.05, 4.69) is 42.2 Å². The van der Waals surface area contributed by atoms with Gasteiger partial charge in [0.2, 0.25) is 5.95 Å². The number of para-hydroxylation sites is 1. The fourth-order valence-corrected chi connectivity index (χ4v) is 6.21. The Bertz CT molecular complexity index is 1400. The van der Waals surface area contributed by atoms with E-state index >= 15 is 0 Å². The number of rotatable bonds is 12. The molecule has 0 bridgehead atoms. The second kappa shape index (κ2) is 13.4. The SMILES string of the molecule is COc1ccccc1C(=O)NC[C@]1(c2ccccc2)CC[C@H](NS(=O)(=O)NCCNc2ncc(C)c(Cl)n2)CC1. The van der Waals surface area contributed by atoms with Gasteiger partial charge in [-0.05, 0) is 50.3 Å². The lowest BCUT2D eigenvalue weighted by Crippen LogP contribution is -2.49. The van der Waals surface area contributed by atoms with Gasteiger partial charge in [0.1, 0.15) is 10.9 Å². The highest BCUT2D eigenvalue weighted by atomic mass is 35.5. The molecule has 2 aromatic carbocycles. The molecule has 0 spiro atoms. The molecule has 3 aromatic rings. The standard InChI is InChI=1S/C28H35ClN6O4S/c1-20-18-31-27(34-25(20)29)30-16-17-33-40(37,38)35-22-12-14-28(15-13-22,21-8-4-3-5-9-21)19-32-26(36)23-10-6-7-11-24(23)39-2/h3-11,18,22,33,35H,12-17,19H2,1-2H3,(H,32,36)(H,30,31,34)/t22-,28-. The molecule has 40 heavy (non-hydrogen) atoms. The average Bonchev–Trinajstić information content (AvgIpc) is 2.97. The van der Waals surface area contributed by atoms with Crippen LogP contribution >= 0.6 is 11.6 Å². The van der Waals surface area contributed by atoms with Crippen LogP contribution in [0.3, 0.4) is 0 Å². The normalized spacial score (nSPS) is 19.1. The highest BCUT2D eigenvalue weighted by Gasteiger charge is 2.38. The van der Waals surface area contributed by atoms with Crippen LogP contribution in [0.1, 0.15) is 47.2 Å². The Morgan fingerprint density at radius 1 is 1.07 bits per heavy atom. The predicted molar refractivity (Wildman–Crippen MR) is 156 cm³/mol. The van der Waals surface area contributed by atoms with E-state index in [9.17, 15) is 13.2 Å². The molecule has 0 saturated heterocycles. The zero-order chi connectivity index (χ0) is 28.6. The van der Waals surface area contributed by atoms with Gasteiger partial charge in [0, 0.05) is 42.9 Å². The predicted octanol–water partition coefficient (Wildman–Crippen LogP) is 3.59. The van der Waals surface area contributed by atoms with Crippen LogP contribution in [0.4, 0.5) is 5.95 Å². The van der Waals surface area contributed by atoms with Crippen molar-refractivity contribution in [3.8, 4) is 5.75 Å². The first kappa shape index (κ1) is 29.7. The lowest BCUT2D eigenvalue weighted by Gasteiger charge is -2.41. The van der Waals surface area contributed by atoms with Gasteiger partial charge in [0.15, 0.2) is 0 Å². The number of nitrogens with one attached hydrogen (secondary N) is 4. The molecule has 1 aliphatic rings. The fraction of sp³-hybridized carbons (Fsp3) is 0.393. The number of ether oxygens (including phenoxy) is 1. The first-order valence-corrected chi connectivity index (χ1v) is 15.0. The van der Waals surface area contributed by atoms with Crippen LogP contribution in [-0.2, 0) is 15.6 Å². The molecule has 0 atom stereocenters. The molecule has 4 N–H and O–H groups in total. The molecule has 1 heterocycles. The second-order valence-electron chi connectivity index (χ2n) is 9.91.